The summed E-state index contributed by atoms with van der Waals surface area (Å²) < 4.78 is 4.68. The van der Waals surface area contributed by atoms with Crippen molar-refractivity contribution in [1.82, 2.24) is 9.13 Å². The van der Waals surface area contributed by atoms with E-state index in [-0.39, 0.29) is 0 Å². The van der Waals surface area contributed by atoms with Crippen LogP contribution in [0.1, 0.15) is 11.1 Å². The predicted molar refractivity (Wildman–Crippen MR) is 145 cm³/mol. The van der Waals surface area contributed by atoms with Gasteiger partial charge >= 0.3 is 0 Å². The lowest BCUT2D eigenvalue weighted by molar-refractivity contribution is 1.10. The molecular formula is C32H26N2. The number of aromatic nitrogens is 2. The second-order valence-corrected chi connectivity index (χ2v) is 8.86. The molecule has 2 nitrogen and oxygen atoms in total. The van der Waals surface area contributed by atoms with Gasteiger partial charge in [-0.2, -0.15) is 0 Å². The van der Waals surface area contributed by atoms with Gasteiger partial charge in [0.25, 0.3) is 0 Å². The third kappa shape index (κ3) is 3.36. The van der Waals surface area contributed by atoms with Crippen LogP contribution in [0.4, 0.5) is 0 Å². The molecule has 6 rings (SSSR count). The topological polar surface area (TPSA) is 9.86 Å². The maximum atomic E-state index is 2.37. The third-order valence-electron chi connectivity index (χ3n) is 6.58. The SMILES string of the molecule is Cc1cccc(-n2ccc3c(cc(C)c4ccccc42)c2ccccc2n3-c2ccccc2)c1. The molecule has 2 heterocycles. The van der Waals surface area contributed by atoms with Gasteiger partial charge < -0.3 is 9.13 Å². The monoisotopic (exact) mass is 438 g/mol. The lowest BCUT2D eigenvalue weighted by Gasteiger charge is -2.11. The lowest BCUT2D eigenvalue weighted by atomic mass is 10.1. The van der Waals surface area contributed by atoms with E-state index in [0.29, 0.717) is 0 Å². The van der Waals surface area contributed by atoms with Crippen LogP contribution < -0.4 is 0 Å². The quantitative estimate of drug-likeness (QED) is 0.257. The number of nitrogens with zero attached hydrogens (tertiary/aromatic N) is 2. The third-order valence-corrected chi connectivity index (χ3v) is 6.58. The van der Waals surface area contributed by atoms with Gasteiger partial charge in [0.1, 0.15) is 0 Å². The number of hydrogen-bond acceptors (Lipinski definition) is 0. The van der Waals surface area contributed by atoms with Crippen molar-refractivity contribution < 1.29 is 0 Å². The fraction of sp³-hybridized carbons (Fsp3) is 0.0625. The summed E-state index contributed by atoms with van der Waals surface area (Å²) in [7, 11) is 0. The van der Waals surface area contributed by atoms with Gasteiger partial charge in [-0.05, 0) is 73.5 Å². The largest absolute Gasteiger partial charge is 0.316 e. The van der Waals surface area contributed by atoms with Crippen molar-refractivity contribution in [2.45, 2.75) is 13.8 Å². The molecule has 0 saturated heterocycles. The molecule has 0 N–H and O–H groups in total. The molecule has 0 bridgehead atoms. The molecule has 0 saturated carbocycles. The van der Waals surface area contributed by atoms with Crippen LogP contribution in [-0.2, 0) is 0 Å². The van der Waals surface area contributed by atoms with Crippen LogP contribution in [0.5, 0.6) is 0 Å². The van der Waals surface area contributed by atoms with E-state index in [1.807, 2.05) is 0 Å². The van der Waals surface area contributed by atoms with Gasteiger partial charge in [-0.1, -0.05) is 66.7 Å². The van der Waals surface area contributed by atoms with Crippen molar-refractivity contribution in [3.63, 3.8) is 0 Å². The Morgan fingerprint density at radius 1 is 0.471 bits per heavy atom. The van der Waals surface area contributed by atoms with E-state index >= 15 is 0 Å². The van der Waals surface area contributed by atoms with Crippen LogP contribution in [0, 0.1) is 13.8 Å². The minimum atomic E-state index is 1.15. The highest BCUT2D eigenvalue weighted by Crippen LogP contribution is 2.32. The zero-order chi connectivity index (χ0) is 23.1. The summed E-state index contributed by atoms with van der Waals surface area (Å²) in [5.41, 5.74) is 8.38. The van der Waals surface area contributed by atoms with E-state index in [4.69, 9.17) is 0 Å². The summed E-state index contributed by atoms with van der Waals surface area (Å²) in [6.07, 6.45) is 2.22. The van der Waals surface area contributed by atoms with Gasteiger partial charge in [-0.3, -0.25) is 0 Å². The number of aryl methyl sites for hydroxylation is 2. The van der Waals surface area contributed by atoms with Gasteiger partial charge in [0.15, 0.2) is 0 Å². The summed E-state index contributed by atoms with van der Waals surface area (Å²) in [5.74, 6) is 0. The van der Waals surface area contributed by atoms with E-state index in [9.17, 15) is 0 Å². The lowest BCUT2D eigenvalue weighted by Crippen LogP contribution is -1.96. The van der Waals surface area contributed by atoms with Gasteiger partial charge in [-0.15, -0.1) is 0 Å². The summed E-state index contributed by atoms with van der Waals surface area (Å²) in [6, 6.07) is 41.3. The Balaban J connectivity index is 1.85. The summed E-state index contributed by atoms with van der Waals surface area (Å²) in [4.78, 5) is 0. The summed E-state index contributed by atoms with van der Waals surface area (Å²) >= 11 is 0. The Morgan fingerprint density at radius 3 is 1.91 bits per heavy atom. The maximum Gasteiger partial charge on any atom is 0.0555 e. The molecule has 0 radical (unpaired) electrons. The summed E-state index contributed by atoms with van der Waals surface area (Å²) in [5, 5.41) is 3.74. The molecule has 0 unspecified atom stereocenters. The molecule has 4 aromatic carbocycles. The standard InChI is InChI=1S/C32H26N2/c1-23-11-10-14-26(21-23)33-20-19-32-29(22-24(2)27-15-6-8-17-30(27)33)28-16-7-9-18-31(28)34(32)25-12-4-3-5-13-25/h3-22H,1-2H3. The van der Waals surface area contributed by atoms with Crippen molar-refractivity contribution in [2.75, 3.05) is 0 Å². The van der Waals surface area contributed by atoms with Crippen LogP contribution in [-0.4, -0.2) is 9.13 Å². The van der Waals surface area contributed by atoms with Gasteiger partial charge in [-0.25, -0.2) is 0 Å². The first-order valence-corrected chi connectivity index (χ1v) is 11.7. The highest BCUT2D eigenvalue weighted by molar-refractivity contribution is 6.09. The smallest absolute Gasteiger partial charge is 0.0555 e. The van der Waals surface area contributed by atoms with Crippen LogP contribution >= 0.6 is 0 Å². The second-order valence-electron chi connectivity index (χ2n) is 8.86. The number of rotatable bonds is 2. The van der Waals surface area contributed by atoms with Gasteiger partial charge in [0.2, 0.25) is 0 Å². The molecule has 34 heavy (non-hydrogen) atoms. The Morgan fingerprint density at radius 2 is 1.12 bits per heavy atom. The first-order chi connectivity index (χ1) is 16.7. The van der Waals surface area contributed by atoms with E-state index in [1.165, 1.54) is 43.8 Å². The van der Waals surface area contributed by atoms with Crippen molar-refractivity contribution in [2.24, 2.45) is 0 Å². The van der Waals surface area contributed by atoms with Crippen molar-refractivity contribution in [1.29, 1.82) is 0 Å². The molecule has 0 aliphatic carbocycles. The first kappa shape index (κ1) is 20.3. The summed E-state index contributed by atoms with van der Waals surface area (Å²) in [6.45, 7) is 4.36. The minimum absolute atomic E-state index is 1.15. The predicted octanol–water partition coefficient (Wildman–Crippen LogP) is 8.47. The Labute approximate surface area is 199 Å². The molecule has 0 fully saturated rings. The molecule has 164 valence electrons. The minimum Gasteiger partial charge on any atom is -0.316 e. The van der Waals surface area contributed by atoms with Crippen molar-refractivity contribution >= 4 is 32.7 Å². The van der Waals surface area contributed by atoms with Crippen LogP contribution in [0.15, 0.2) is 121 Å². The van der Waals surface area contributed by atoms with E-state index in [0.717, 1.165) is 11.4 Å². The van der Waals surface area contributed by atoms with Crippen LogP contribution in [0.3, 0.4) is 0 Å². The fourth-order valence-electron chi connectivity index (χ4n) is 5.00. The van der Waals surface area contributed by atoms with Crippen LogP contribution in [0.25, 0.3) is 44.1 Å². The highest BCUT2D eigenvalue weighted by Gasteiger charge is 2.12. The number of hydrogen-bond donors (Lipinski definition) is 0. The molecule has 0 atom stereocenters. The zero-order valence-electron chi connectivity index (χ0n) is 19.4. The first-order valence-electron chi connectivity index (χ1n) is 11.7. The van der Waals surface area contributed by atoms with E-state index < -0.39 is 0 Å². The second kappa shape index (κ2) is 8.24. The Kier molecular flexibility index (Phi) is 4.92. The number of benzene rings is 4. The molecule has 0 amide bonds. The molecule has 0 spiro atoms. The molecule has 0 aliphatic rings. The van der Waals surface area contributed by atoms with Crippen molar-refractivity contribution in [3.05, 3.63) is 133 Å². The fourth-order valence-corrected chi connectivity index (χ4v) is 5.00. The highest BCUT2D eigenvalue weighted by atomic mass is 15.0. The zero-order valence-corrected chi connectivity index (χ0v) is 19.4. The van der Waals surface area contributed by atoms with Gasteiger partial charge in [0.05, 0.1) is 16.6 Å². The molecular weight excluding hydrogens is 412 g/mol. The molecule has 0 aliphatic heterocycles. The Hall–Kier alpha value is -4.30. The number of fused-ring (bicyclic) bond motifs is 4. The average molecular weight is 439 g/mol. The average Bonchev–Trinajstić information content (AvgIpc) is 3.20. The molecule has 2 heteroatoms. The van der Waals surface area contributed by atoms with Gasteiger partial charge in [0, 0.05) is 33.7 Å². The van der Waals surface area contributed by atoms with Crippen molar-refractivity contribution in [3.8, 4) is 11.4 Å². The normalized spacial score (nSPS) is 11.2. The van der Waals surface area contributed by atoms with Crippen LogP contribution in [0.2, 0.25) is 0 Å². The Bertz CT molecular complexity index is 1720. The van der Waals surface area contributed by atoms with E-state index in [2.05, 4.69) is 144 Å². The van der Waals surface area contributed by atoms with E-state index in [1.54, 1.807) is 0 Å². The molecule has 2 aromatic heterocycles. The molecule has 6 aromatic rings. The maximum absolute atomic E-state index is 2.37. The number of para-hydroxylation sites is 3.